The predicted octanol–water partition coefficient (Wildman–Crippen LogP) is 2.42. The molecule has 0 saturated heterocycles. The Morgan fingerprint density at radius 2 is 2.00 bits per heavy atom. The number of hydrogen-bond acceptors (Lipinski definition) is 4. The minimum Gasteiger partial charge on any atom is -0.309 e. The normalized spacial score (nSPS) is 17.0. The molecule has 25 heavy (non-hydrogen) atoms. The van der Waals surface area contributed by atoms with Crippen LogP contribution in [-0.4, -0.2) is 39.7 Å². The third-order valence-corrected chi connectivity index (χ3v) is 5.24. The highest BCUT2D eigenvalue weighted by Crippen LogP contribution is 2.35. The smallest absolute Gasteiger partial charge is 0.238 e. The second-order valence-corrected chi connectivity index (χ2v) is 7.94. The third-order valence-electron chi connectivity index (χ3n) is 4.22. The molecule has 1 heterocycles. The van der Waals surface area contributed by atoms with Gasteiger partial charge in [0.2, 0.25) is 10.0 Å². The molecule has 0 aromatic heterocycles. The van der Waals surface area contributed by atoms with Crippen molar-refractivity contribution in [3.05, 3.63) is 59.1 Å². The molecule has 5 nitrogen and oxygen atoms in total. The molecule has 1 aliphatic heterocycles. The van der Waals surface area contributed by atoms with Crippen LogP contribution in [0.5, 0.6) is 0 Å². The number of allylic oxidation sites excluding steroid dienone is 5. The van der Waals surface area contributed by atoms with E-state index in [1.165, 1.54) is 12.1 Å². The van der Waals surface area contributed by atoms with Gasteiger partial charge in [0.25, 0.3) is 0 Å². The Hall–Kier alpha value is -2.09. The van der Waals surface area contributed by atoms with E-state index in [0.717, 1.165) is 16.7 Å². The van der Waals surface area contributed by atoms with E-state index in [9.17, 15) is 12.8 Å². The van der Waals surface area contributed by atoms with Gasteiger partial charge in [-0.1, -0.05) is 6.07 Å². The van der Waals surface area contributed by atoms with Crippen LogP contribution in [0.4, 0.5) is 4.39 Å². The first-order valence-electron chi connectivity index (χ1n) is 7.90. The molecule has 0 fully saturated rings. The number of primary sulfonamides is 1. The number of hydrogen-bond donors (Lipinski definition) is 1. The van der Waals surface area contributed by atoms with Crippen molar-refractivity contribution in [3.8, 4) is 0 Å². The van der Waals surface area contributed by atoms with Crippen LogP contribution in [0, 0.1) is 0 Å². The van der Waals surface area contributed by atoms with Crippen molar-refractivity contribution in [2.75, 3.05) is 20.6 Å². The van der Waals surface area contributed by atoms with E-state index in [2.05, 4.69) is 4.99 Å². The Morgan fingerprint density at radius 3 is 2.68 bits per heavy atom. The fourth-order valence-corrected chi connectivity index (χ4v) is 3.73. The summed E-state index contributed by atoms with van der Waals surface area (Å²) in [6, 6.07) is 5.09. The predicted molar refractivity (Wildman–Crippen MR) is 97.4 cm³/mol. The van der Waals surface area contributed by atoms with Crippen LogP contribution in [0.15, 0.2) is 57.8 Å². The highest BCUT2D eigenvalue weighted by Gasteiger charge is 2.24. The molecule has 2 aliphatic rings. The molecule has 132 valence electrons. The van der Waals surface area contributed by atoms with Gasteiger partial charge in [-0.05, 0) is 55.9 Å². The average Bonchev–Trinajstić information content (AvgIpc) is 2.94. The highest BCUT2D eigenvalue weighted by atomic mass is 32.2. The molecule has 3 rings (SSSR count). The number of aliphatic imine (C=N–C) groups is 1. The van der Waals surface area contributed by atoms with Gasteiger partial charge in [-0.3, -0.25) is 4.99 Å². The minimum absolute atomic E-state index is 0.140. The Balaban J connectivity index is 2.00. The highest BCUT2D eigenvalue weighted by molar-refractivity contribution is 7.89. The van der Waals surface area contributed by atoms with Crippen molar-refractivity contribution in [2.45, 2.75) is 17.7 Å². The Kier molecular flexibility index (Phi) is 4.73. The van der Waals surface area contributed by atoms with Crippen LogP contribution in [0.1, 0.15) is 17.5 Å². The second-order valence-electron chi connectivity index (χ2n) is 6.41. The lowest BCUT2D eigenvalue weighted by Crippen LogP contribution is -2.19. The van der Waals surface area contributed by atoms with Gasteiger partial charge in [-0.25, -0.2) is 17.9 Å². The standard InChI is InChI=1S/C18H20FN3O2S/c1-22(2)8-7-13-9-12(3-6-18(13)25(20,23)24)16-11-21-17-10-14(19)4-5-15(16)17/h3-6,9,11H,7-8,10H2,1-2H3,(H2,20,23,24). The topological polar surface area (TPSA) is 75.8 Å². The molecule has 0 unspecified atom stereocenters. The number of fused-ring (bicyclic) bond motifs is 1. The minimum atomic E-state index is -3.79. The first-order chi connectivity index (χ1) is 11.8. The third kappa shape index (κ3) is 3.78. The summed E-state index contributed by atoms with van der Waals surface area (Å²) in [4.78, 5) is 6.41. The summed E-state index contributed by atoms with van der Waals surface area (Å²) >= 11 is 0. The molecular formula is C18H20FN3O2S. The monoisotopic (exact) mass is 361 g/mol. The SMILES string of the molecule is CN(C)CCc1cc(C2=CN=C3CC(F)=CC=C23)ccc1S(N)(=O)=O. The number of nitrogens with two attached hydrogens (primary N) is 1. The first-order valence-corrected chi connectivity index (χ1v) is 9.45. The maximum Gasteiger partial charge on any atom is 0.238 e. The number of rotatable bonds is 5. The zero-order valence-electron chi connectivity index (χ0n) is 14.2. The summed E-state index contributed by atoms with van der Waals surface area (Å²) in [5, 5.41) is 5.35. The van der Waals surface area contributed by atoms with E-state index < -0.39 is 10.0 Å². The molecule has 0 radical (unpaired) electrons. The average molecular weight is 361 g/mol. The van der Waals surface area contributed by atoms with Crippen LogP contribution >= 0.6 is 0 Å². The van der Waals surface area contributed by atoms with Gasteiger partial charge in [0.1, 0.15) is 5.83 Å². The van der Waals surface area contributed by atoms with E-state index in [1.807, 2.05) is 25.1 Å². The summed E-state index contributed by atoms with van der Waals surface area (Å²) in [6.45, 7) is 0.698. The van der Waals surface area contributed by atoms with E-state index in [4.69, 9.17) is 5.14 Å². The maximum atomic E-state index is 13.4. The fraction of sp³-hybridized carbons (Fsp3) is 0.278. The molecule has 0 spiro atoms. The molecule has 0 bridgehead atoms. The van der Waals surface area contributed by atoms with Crippen LogP contribution in [0.2, 0.25) is 0 Å². The lowest BCUT2D eigenvalue weighted by Gasteiger charge is -2.15. The summed E-state index contributed by atoms with van der Waals surface area (Å²) in [5.74, 6) is -0.214. The Bertz CT molecular complexity index is 941. The van der Waals surface area contributed by atoms with Crippen LogP contribution in [-0.2, 0) is 16.4 Å². The summed E-state index contributed by atoms with van der Waals surface area (Å²) in [5.41, 5.74) is 3.96. The largest absolute Gasteiger partial charge is 0.309 e. The van der Waals surface area contributed by atoms with Gasteiger partial charge >= 0.3 is 0 Å². The summed E-state index contributed by atoms with van der Waals surface area (Å²) in [6.07, 6.45) is 5.60. The molecule has 1 aliphatic carbocycles. The lowest BCUT2D eigenvalue weighted by atomic mass is 9.91. The van der Waals surface area contributed by atoms with Crippen molar-refractivity contribution < 1.29 is 12.8 Å². The van der Waals surface area contributed by atoms with Crippen molar-refractivity contribution in [1.82, 2.24) is 4.90 Å². The van der Waals surface area contributed by atoms with Gasteiger partial charge in [-0.2, -0.15) is 0 Å². The molecule has 0 amide bonds. The van der Waals surface area contributed by atoms with Crippen molar-refractivity contribution >= 4 is 21.3 Å². The van der Waals surface area contributed by atoms with Crippen LogP contribution in [0.3, 0.4) is 0 Å². The molecule has 7 heteroatoms. The number of benzene rings is 1. The number of sulfonamides is 1. The lowest BCUT2D eigenvalue weighted by molar-refractivity contribution is 0.412. The van der Waals surface area contributed by atoms with E-state index in [1.54, 1.807) is 18.3 Å². The van der Waals surface area contributed by atoms with Crippen molar-refractivity contribution in [3.63, 3.8) is 0 Å². The zero-order chi connectivity index (χ0) is 18.2. The van der Waals surface area contributed by atoms with E-state index in [0.29, 0.717) is 24.2 Å². The number of nitrogens with zero attached hydrogens (tertiary/aromatic N) is 2. The van der Waals surface area contributed by atoms with Crippen molar-refractivity contribution in [1.29, 1.82) is 0 Å². The van der Waals surface area contributed by atoms with Gasteiger partial charge < -0.3 is 4.90 Å². The summed E-state index contributed by atoms with van der Waals surface area (Å²) < 4.78 is 37.1. The van der Waals surface area contributed by atoms with E-state index >= 15 is 0 Å². The van der Waals surface area contributed by atoms with Crippen molar-refractivity contribution in [2.24, 2.45) is 10.1 Å². The zero-order valence-corrected chi connectivity index (χ0v) is 15.0. The fourth-order valence-electron chi connectivity index (χ4n) is 2.95. The van der Waals surface area contributed by atoms with Gasteiger partial charge in [-0.15, -0.1) is 0 Å². The molecule has 1 aromatic carbocycles. The first kappa shape index (κ1) is 17.7. The quantitative estimate of drug-likeness (QED) is 0.875. The molecular weight excluding hydrogens is 341 g/mol. The van der Waals surface area contributed by atoms with Crippen LogP contribution < -0.4 is 5.14 Å². The van der Waals surface area contributed by atoms with Crippen LogP contribution in [0.25, 0.3) is 5.57 Å². The Morgan fingerprint density at radius 1 is 1.24 bits per heavy atom. The maximum absolute atomic E-state index is 13.4. The van der Waals surface area contributed by atoms with Gasteiger partial charge in [0.15, 0.2) is 0 Å². The van der Waals surface area contributed by atoms with E-state index in [-0.39, 0.29) is 17.1 Å². The second kappa shape index (κ2) is 6.67. The molecule has 2 N–H and O–H groups in total. The molecule has 0 saturated carbocycles. The molecule has 1 aromatic rings. The van der Waals surface area contributed by atoms with Gasteiger partial charge in [0, 0.05) is 30.3 Å². The summed E-state index contributed by atoms with van der Waals surface area (Å²) in [7, 11) is 0.0562. The number of likely N-dealkylation sites (N-methyl/N-ethyl adjacent to an activating group) is 1. The van der Waals surface area contributed by atoms with Gasteiger partial charge in [0.05, 0.1) is 10.6 Å². The molecule has 0 atom stereocenters. The Labute approximate surface area is 147 Å². The number of halogens is 1.